The second-order valence-electron chi connectivity index (χ2n) is 8.17. The van der Waals surface area contributed by atoms with E-state index in [4.69, 9.17) is 4.74 Å². The smallest absolute Gasteiger partial charge is 0.260 e. The van der Waals surface area contributed by atoms with Gasteiger partial charge in [0.05, 0.1) is 0 Å². The Morgan fingerprint density at radius 2 is 1.67 bits per heavy atom. The number of pyridine rings is 1. The molecule has 5 rings (SSSR count). The maximum atomic E-state index is 12.8. The topological polar surface area (TPSA) is 76.8 Å². The number of aromatic nitrogens is 3. The summed E-state index contributed by atoms with van der Waals surface area (Å²) in [6.07, 6.45) is 3.84. The van der Waals surface area contributed by atoms with Crippen molar-refractivity contribution in [3.63, 3.8) is 0 Å². The van der Waals surface area contributed by atoms with Crippen LogP contribution in [0.2, 0.25) is 0 Å². The quantitative estimate of drug-likeness (QED) is 0.427. The SMILES string of the molecule is O=C(c1ccccc1)c1ccc(OCC(=O)N2CCCC(c3nnc4ccccn34)C2)cc1. The summed E-state index contributed by atoms with van der Waals surface area (Å²) in [5.41, 5.74) is 2.04. The molecular formula is C26H24N4O3. The maximum Gasteiger partial charge on any atom is 0.260 e. The van der Waals surface area contributed by atoms with Crippen LogP contribution in [0.5, 0.6) is 5.75 Å². The lowest BCUT2D eigenvalue weighted by Gasteiger charge is -2.31. The van der Waals surface area contributed by atoms with Gasteiger partial charge in [-0.15, -0.1) is 10.2 Å². The first-order valence-electron chi connectivity index (χ1n) is 11.1. The highest BCUT2D eigenvalue weighted by Gasteiger charge is 2.28. The molecule has 4 aromatic rings. The molecule has 1 aliphatic rings. The van der Waals surface area contributed by atoms with E-state index in [1.807, 2.05) is 51.9 Å². The zero-order chi connectivity index (χ0) is 22.6. The highest BCUT2D eigenvalue weighted by molar-refractivity contribution is 6.08. The molecule has 7 nitrogen and oxygen atoms in total. The molecule has 0 spiro atoms. The second-order valence-corrected chi connectivity index (χ2v) is 8.17. The van der Waals surface area contributed by atoms with E-state index in [2.05, 4.69) is 10.2 Å². The van der Waals surface area contributed by atoms with Crippen LogP contribution in [-0.2, 0) is 4.79 Å². The summed E-state index contributed by atoms with van der Waals surface area (Å²) < 4.78 is 7.72. The molecule has 0 bridgehead atoms. The lowest BCUT2D eigenvalue weighted by atomic mass is 9.97. The molecule has 1 atom stereocenters. The summed E-state index contributed by atoms with van der Waals surface area (Å²) in [7, 11) is 0. The summed E-state index contributed by atoms with van der Waals surface area (Å²) in [5.74, 6) is 1.49. The monoisotopic (exact) mass is 440 g/mol. The minimum atomic E-state index is -0.0574. The van der Waals surface area contributed by atoms with Gasteiger partial charge in [-0.25, -0.2) is 0 Å². The fraction of sp³-hybridized carbons (Fsp3) is 0.231. The molecule has 166 valence electrons. The van der Waals surface area contributed by atoms with Crippen LogP contribution in [-0.4, -0.2) is 50.9 Å². The highest BCUT2D eigenvalue weighted by Crippen LogP contribution is 2.26. The van der Waals surface area contributed by atoms with E-state index >= 15 is 0 Å². The van der Waals surface area contributed by atoms with Crippen LogP contribution in [0.4, 0.5) is 0 Å². The molecule has 3 heterocycles. The van der Waals surface area contributed by atoms with Gasteiger partial charge >= 0.3 is 0 Å². The number of nitrogens with zero attached hydrogens (tertiary/aromatic N) is 4. The van der Waals surface area contributed by atoms with Gasteiger partial charge in [-0.2, -0.15) is 0 Å². The van der Waals surface area contributed by atoms with Crippen LogP contribution in [0.3, 0.4) is 0 Å². The van der Waals surface area contributed by atoms with E-state index < -0.39 is 0 Å². The molecule has 7 heteroatoms. The van der Waals surface area contributed by atoms with Crippen LogP contribution in [0.1, 0.15) is 40.5 Å². The van der Waals surface area contributed by atoms with E-state index in [0.29, 0.717) is 30.0 Å². The Bertz CT molecular complexity index is 1270. The number of likely N-dealkylation sites (tertiary alicyclic amines) is 1. The summed E-state index contributed by atoms with van der Waals surface area (Å²) in [6.45, 7) is 1.27. The third kappa shape index (κ3) is 4.48. The van der Waals surface area contributed by atoms with Crippen LogP contribution >= 0.6 is 0 Å². The number of carbonyl (C=O) groups is 2. The number of ketones is 1. The molecule has 1 amide bonds. The van der Waals surface area contributed by atoms with Gasteiger partial charge in [-0.1, -0.05) is 36.4 Å². The van der Waals surface area contributed by atoms with Crippen molar-refractivity contribution in [1.82, 2.24) is 19.5 Å². The number of carbonyl (C=O) groups excluding carboxylic acids is 2. The van der Waals surface area contributed by atoms with Gasteiger partial charge < -0.3 is 9.64 Å². The summed E-state index contributed by atoms with van der Waals surface area (Å²) in [5, 5.41) is 8.61. The number of hydrogen-bond donors (Lipinski definition) is 0. The molecule has 0 saturated carbocycles. The Hall–Kier alpha value is -4.00. The number of ether oxygens (including phenoxy) is 1. The minimum absolute atomic E-state index is 0.0424. The van der Waals surface area contributed by atoms with Gasteiger partial charge in [0.1, 0.15) is 11.6 Å². The molecule has 1 unspecified atom stereocenters. The van der Waals surface area contributed by atoms with E-state index in [-0.39, 0.29) is 24.2 Å². The zero-order valence-electron chi connectivity index (χ0n) is 18.1. The van der Waals surface area contributed by atoms with Gasteiger partial charge in [0.25, 0.3) is 5.91 Å². The third-order valence-electron chi connectivity index (χ3n) is 5.99. The molecule has 1 aliphatic heterocycles. The Kier molecular flexibility index (Phi) is 5.85. The predicted octanol–water partition coefficient (Wildman–Crippen LogP) is 3.75. The van der Waals surface area contributed by atoms with Crippen molar-refractivity contribution in [3.8, 4) is 5.75 Å². The standard InChI is InChI=1S/C26H24N4O3/c31-24(18-33-22-13-11-20(12-14-22)25(32)19-7-2-1-3-8-19)29-15-6-9-21(17-29)26-28-27-23-10-4-5-16-30(23)26/h1-5,7-8,10-14,16,21H,6,9,15,17-18H2. The lowest BCUT2D eigenvalue weighted by Crippen LogP contribution is -2.42. The van der Waals surface area contributed by atoms with Crippen molar-refractivity contribution in [3.05, 3.63) is 95.9 Å². The third-order valence-corrected chi connectivity index (χ3v) is 5.99. The first kappa shape index (κ1) is 20.9. The van der Waals surface area contributed by atoms with E-state index in [1.54, 1.807) is 36.4 Å². The van der Waals surface area contributed by atoms with E-state index in [0.717, 1.165) is 24.3 Å². The predicted molar refractivity (Wildman–Crippen MR) is 123 cm³/mol. The number of hydrogen-bond acceptors (Lipinski definition) is 5. The molecule has 1 fully saturated rings. The lowest BCUT2D eigenvalue weighted by molar-refractivity contribution is -0.134. The van der Waals surface area contributed by atoms with Crippen LogP contribution < -0.4 is 4.74 Å². The average Bonchev–Trinajstić information content (AvgIpc) is 3.32. The van der Waals surface area contributed by atoms with Gasteiger partial charge in [-0.05, 0) is 49.2 Å². The van der Waals surface area contributed by atoms with E-state index in [1.165, 1.54) is 0 Å². The fourth-order valence-electron chi connectivity index (χ4n) is 4.25. The number of benzene rings is 2. The molecule has 0 N–H and O–H groups in total. The largest absolute Gasteiger partial charge is 0.484 e. The minimum Gasteiger partial charge on any atom is -0.484 e. The first-order valence-corrected chi connectivity index (χ1v) is 11.1. The van der Waals surface area contributed by atoms with Crippen molar-refractivity contribution in [2.45, 2.75) is 18.8 Å². The Morgan fingerprint density at radius 1 is 0.909 bits per heavy atom. The number of amides is 1. The van der Waals surface area contributed by atoms with Crippen molar-refractivity contribution >= 4 is 17.3 Å². The molecule has 1 saturated heterocycles. The average molecular weight is 441 g/mol. The first-order chi connectivity index (χ1) is 16.2. The fourth-order valence-corrected chi connectivity index (χ4v) is 4.25. The molecule has 0 aliphatic carbocycles. The van der Waals surface area contributed by atoms with Gasteiger partial charge in [0.2, 0.25) is 0 Å². The van der Waals surface area contributed by atoms with Gasteiger partial charge in [0, 0.05) is 36.3 Å². The van der Waals surface area contributed by atoms with Crippen LogP contribution in [0.25, 0.3) is 5.65 Å². The summed E-state index contributed by atoms with van der Waals surface area (Å²) >= 11 is 0. The molecule has 2 aromatic carbocycles. The zero-order valence-corrected chi connectivity index (χ0v) is 18.1. The van der Waals surface area contributed by atoms with Crippen LogP contribution in [0, 0.1) is 0 Å². The van der Waals surface area contributed by atoms with Crippen molar-refractivity contribution in [2.24, 2.45) is 0 Å². The number of rotatable bonds is 6. The Morgan fingerprint density at radius 3 is 2.48 bits per heavy atom. The highest BCUT2D eigenvalue weighted by atomic mass is 16.5. The van der Waals surface area contributed by atoms with Gasteiger partial charge in [-0.3, -0.25) is 14.0 Å². The van der Waals surface area contributed by atoms with Crippen molar-refractivity contribution in [1.29, 1.82) is 0 Å². The molecule has 0 radical (unpaired) electrons. The second kappa shape index (κ2) is 9.24. The Labute approximate surface area is 191 Å². The molecule has 33 heavy (non-hydrogen) atoms. The van der Waals surface area contributed by atoms with Crippen molar-refractivity contribution < 1.29 is 14.3 Å². The normalized spacial score (nSPS) is 16.0. The van der Waals surface area contributed by atoms with E-state index in [9.17, 15) is 9.59 Å². The maximum absolute atomic E-state index is 12.8. The molecular weight excluding hydrogens is 416 g/mol. The van der Waals surface area contributed by atoms with Crippen molar-refractivity contribution in [2.75, 3.05) is 19.7 Å². The summed E-state index contributed by atoms with van der Waals surface area (Å²) in [4.78, 5) is 27.2. The number of fused-ring (bicyclic) bond motifs is 1. The Balaban J connectivity index is 1.19. The molecule has 2 aromatic heterocycles. The van der Waals surface area contributed by atoms with Gasteiger partial charge in [0.15, 0.2) is 18.0 Å². The summed E-state index contributed by atoms with van der Waals surface area (Å²) in [6, 6.07) is 21.9. The van der Waals surface area contributed by atoms with Crippen LogP contribution in [0.15, 0.2) is 79.0 Å². The number of piperidine rings is 1.